The van der Waals surface area contributed by atoms with E-state index in [-0.39, 0.29) is 12.5 Å². The van der Waals surface area contributed by atoms with Crippen molar-refractivity contribution < 1.29 is 5.11 Å². The van der Waals surface area contributed by atoms with Gasteiger partial charge >= 0.3 is 0 Å². The van der Waals surface area contributed by atoms with Gasteiger partial charge in [-0.15, -0.1) is 0 Å². The number of rotatable bonds is 5. The normalized spacial score (nSPS) is 13.1. The van der Waals surface area contributed by atoms with Gasteiger partial charge in [-0.2, -0.15) is 5.10 Å². The van der Waals surface area contributed by atoms with E-state index < -0.39 is 0 Å². The first-order chi connectivity index (χ1) is 6.72. The number of aromatic nitrogens is 2. The summed E-state index contributed by atoms with van der Waals surface area (Å²) in [4.78, 5) is 0. The average molecular weight is 197 g/mol. The van der Waals surface area contributed by atoms with Gasteiger partial charge in [0, 0.05) is 25.8 Å². The molecule has 80 valence electrons. The summed E-state index contributed by atoms with van der Waals surface area (Å²) >= 11 is 0. The zero-order valence-corrected chi connectivity index (χ0v) is 8.90. The second kappa shape index (κ2) is 5.12. The Morgan fingerprint density at radius 2 is 2.36 bits per heavy atom. The third-order valence-electron chi connectivity index (χ3n) is 2.47. The Bertz CT molecular complexity index is 283. The lowest BCUT2D eigenvalue weighted by Crippen LogP contribution is -2.14. The van der Waals surface area contributed by atoms with Crippen LogP contribution in [0.25, 0.3) is 0 Å². The molecular formula is C10H19N3O. The second-order valence-electron chi connectivity index (χ2n) is 3.50. The summed E-state index contributed by atoms with van der Waals surface area (Å²) in [6.45, 7) is 2.83. The molecule has 1 aromatic heterocycles. The molecule has 0 amide bonds. The Kier molecular flexibility index (Phi) is 4.10. The standard InChI is InChI=1S/C10H19N3O/c1-3-10-9(7-13(2)12-10)8(6-11)4-5-14/h7-8,14H,3-6,11H2,1-2H3. The molecule has 0 saturated carbocycles. The molecule has 0 spiro atoms. The van der Waals surface area contributed by atoms with Crippen LogP contribution in [0.1, 0.15) is 30.5 Å². The van der Waals surface area contributed by atoms with Crippen LogP contribution in [0.3, 0.4) is 0 Å². The maximum Gasteiger partial charge on any atom is 0.0657 e. The summed E-state index contributed by atoms with van der Waals surface area (Å²) in [5.41, 5.74) is 7.96. The Balaban J connectivity index is 2.89. The van der Waals surface area contributed by atoms with Crippen LogP contribution in [0.2, 0.25) is 0 Å². The molecule has 1 atom stereocenters. The highest BCUT2D eigenvalue weighted by atomic mass is 16.3. The fourth-order valence-electron chi connectivity index (χ4n) is 1.72. The van der Waals surface area contributed by atoms with Crippen LogP contribution < -0.4 is 5.73 Å². The minimum atomic E-state index is 0.180. The smallest absolute Gasteiger partial charge is 0.0657 e. The van der Waals surface area contributed by atoms with E-state index in [1.165, 1.54) is 5.56 Å². The molecule has 0 aromatic carbocycles. The number of aliphatic hydroxyl groups excluding tert-OH is 1. The molecule has 0 aliphatic heterocycles. The van der Waals surface area contributed by atoms with Gasteiger partial charge in [0.05, 0.1) is 5.69 Å². The average Bonchev–Trinajstić information content (AvgIpc) is 2.55. The van der Waals surface area contributed by atoms with Crippen LogP contribution in [-0.2, 0) is 13.5 Å². The molecule has 0 radical (unpaired) electrons. The number of aliphatic hydroxyl groups is 1. The SMILES string of the molecule is CCc1nn(C)cc1C(CN)CCO. The van der Waals surface area contributed by atoms with Gasteiger partial charge in [-0.05, 0) is 24.9 Å². The van der Waals surface area contributed by atoms with Gasteiger partial charge in [0.25, 0.3) is 0 Å². The lowest BCUT2D eigenvalue weighted by atomic mass is 9.96. The summed E-state index contributed by atoms with van der Waals surface area (Å²) < 4.78 is 1.81. The maximum atomic E-state index is 8.92. The minimum absolute atomic E-state index is 0.180. The van der Waals surface area contributed by atoms with Gasteiger partial charge in [0.2, 0.25) is 0 Å². The van der Waals surface area contributed by atoms with Gasteiger partial charge in [-0.1, -0.05) is 6.92 Å². The van der Waals surface area contributed by atoms with Gasteiger partial charge in [0.1, 0.15) is 0 Å². The van der Waals surface area contributed by atoms with E-state index in [1.807, 2.05) is 17.9 Å². The lowest BCUT2D eigenvalue weighted by Gasteiger charge is -2.12. The third-order valence-corrected chi connectivity index (χ3v) is 2.47. The van der Waals surface area contributed by atoms with Crippen molar-refractivity contribution in [3.63, 3.8) is 0 Å². The van der Waals surface area contributed by atoms with E-state index in [2.05, 4.69) is 12.0 Å². The van der Waals surface area contributed by atoms with Crippen LogP contribution in [0, 0.1) is 0 Å². The molecule has 1 heterocycles. The van der Waals surface area contributed by atoms with Gasteiger partial charge in [-0.25, -0.2) is 0 Å². The molecule has 0 saturated heterocycles. The quantitative estimate of drug-likeness (QED) is 0.718. The van der Waals surface area contributed by atoms with Crippen molar-refractivity contribution in [2.75, 3.05) is 13.2 Å². The highest BCUT2D eigenvalue weighted by Gasteiger charge is 2.15. The van der Waals surface area contributed by atoms with E-state index in [0.29, 0.717) is 6.54 Å². The summed E-state index contributed by atoms with van der Waals surface area (Å²) in [5.74, 6) is 0.239. The molecule has 3 N–H and O–H groups in total. The van der Waals surface area contributed by atoms with Crippen LogP contribution in [0.4, 0.5) is 0 Å². The first-order valence-corrected chi connectivity index (χ1v) is 5.06. The number of hydrogen-bond donors (Lipinski definition) is 2. The van der Waals surface area contributed by atoms with Crippen LogP contribution >= 0.6 is 0 Å². The van der Waals surface area contributed by atoms with Crippen LogP contribution in [-0.4, -0.2) is 28.0 Å². The molecule has 1 aromatic rings. The summed E-state index contributed by atoms with van der Waals surface area (Å²) in [5, 5.41) is 13.3. The van der Waals surface area contributed by atoms with E-state index in [0.717, 1.165) is 18.5 Å². The molecule has 4 heteroatoms. The molecular weight excluding hydrogens is 178 g/mol. The monoisotopic (exact) mass is 197 g/mol. The number of hydrogen-bond acceptors (Lipinski definition) is 3. The molecule has 0 aliphatic carbocycles. The zero-order valence-electron chi connectivity index (χ0n) is 8.90. The predicted molar refractivity (Wildman–Crippen MR) is 56.1 cm³/mol. The topological polar surface area (TPSA) is 64.1 Å². The van der Waals surface area contributed by atoms with E-state index in [1.54, 1.807) is 0 Å². The molecule has 1 rings (SSSR count). The van der Waals surface area contributed by atoms with Crippen molar-refractivity contribution in [2.45, 2.75) is 25.7 Å². The number of nitrogens with zero attached hydrogens (tertiary/aromatic N) is 2. The highest BCUT2D eigenvalue weighted by molar-refractivity contribution is 5.22. The molecule has 1 unspecified atom stereocenters. The van der Waals surface area contributed by atoms with Crippen molar-refractivity contribution in [3.05, 3.63) is 17.5 Å². The third kappa shape index (κ3) is 2.33. The van der Waals surface area contributed by atoms with Gasteiger partial charge in [-0.3, -0.25) is 4.68 Å². The van der Waals surface area contributed by atoms with Crippen molar-refractivity contribution in [1.29, 1.82) is 0 Å². The Morgan fingerprint density at radius 1 is 1.64 bits per heavy atom. The number of nitrogens with two attached hydrogens (primary N) is 1. The van der Waals surface area contributed by atoms with Crippen LogP contribution in [0.5, 0.6) is 0 Å². The minimum Gasteiger partial charge on any atom is -0.396 e. The maximum absolute atomic E-state index is 8.92. The zero-order chi connectivity index (χ0) is 10.6. The summed E-state index contributed by atoms with van der Waals surface area (Å²) in [6, 6.07) is 0. The molecule has 0 bridgehead atoms. The Hall–Kier alpha value is -0.870. The first-order valence-electron chi connectivity index (χ1n) is 5.06. The Labute approximate surface area is 84.7 Å². The molecule has 4 nitrogen and oxygen atoms in total. The Morgan fingerprint density at radius 3 is 2.86 bits per heavy atom. The van der Waals surface area contributed by atoms with Gasteiger partial charge < -0.3 is 10.8 Å². The largest absolute Gasteiger partial charge is 0.396 e. The highest BCUT2D eigenvalue weighted by Crippen LogP contribution is 2.21. The van der Waals surface area contributed by atoms with Gasteiger partial charge in [0.15, 0.2) is 0 Å². The summed E-state index contributed by atoms with van der Waals surface area (Å²) in [6.07, 6.45) is 3.64. The second-order valence-corrected chi connectivity index (χ2v) is 3.50. The molecule has 14 heavy (non-hydrogen) atoms. The first kappa shape index (κ1) is 11.2. The fourth-order valence-corrected chi connectivity index (χ4v) is 1.72. The van der Waals surface area contributed by atoms with E-state index >= 15 is 0 Å². The van der Waals surface area contributed by atoms with Crippen molar-refractivity contribution in [2.24, 2.45) is 12.8 Å². The predicted octanol–water partition coefficient (Wildman–Crippen LogP) is 0.407. The van der Waals surface area contributed by atoms with Crippen molar-refractivity contribution in [1.82, 2.24) is 9.78 Å². The lowest BCUT2D eigenvalue weighted by molar-refractivity contribution is 0.276. The molecule has 0 fully saturated rings. The van der Waals surface area contributed by atoms with E-state index in [9.17, 15) is 0 Å². The van der Waals surface area contributed by atoms with Crippen molar-refractivity contribution in [3.8, 4) is 0 Å². The van der Waals surface area contributed by atoms with E-state index in [4.69, 9.17) is 10.8 Å². The molecule has 0 aliphatic rings. The number of aryl methyl sites for hydroxylation is 2. The summed E-state index contributed by atoms with van der Waals surface area (Å²) in [7, 11) is 1.91. The van der Waals surface area contributed by atoms with Crippen molar-refractivity contribution >= 4 is 0 Å². The fraction of sp³-hybridized carbons (Fsp3) is 0.700. The van der Waals surface area contributed by atoms with Crippen LogP contribution in [0.15, 0.2) is 6.20 Å².